The lowest BCUT2D eigenvalue weighted by atomic mass is 10.3. The summed E-state index contributed by atoms with van der Waals surface area (Å²) in [7, 11) is -2.39. The second-order valence-corrected chi connectivity index (χ2v) is 8.70. The molecular weight excluding hydrogens is 390 g/mol. The van der Waals surface area contributed by atoms with E-state index in [0.717, 1.165) is 19.6 Å². The highest BCUT2D eigenvalue weighted by atomic mass is 32.2. The largest absolute Gasteiger partial charge is 0.497 e. The Bertz CT molecular complexity index is 926. The molecule has 3 rings (SSSR count). The molecule has 2 aromatic rings. The number of methoxy groups -OCH3 is 1. The standard InChI is InChI=1S/C21H27N3O4S/c1-3-22-12-14-23(15-13-22)21(25)17-24(18-8-7-9-19(16-18)28-2)29(26,27)20-10-5-4-6-11-20/h4-11,16H,3,12-15,17H2,1-2H3. The highest BCUT2D eigenvalue weighted by Gasteiger charge is 2.30. The molecule has 0 radical (unpaired) electrons. The molecule has 1 fully saturated rings. The third-order valence-electron chi connectivity index (χ3n) is 5.12. The van der Waals surface area contributed by atoms with Crippen molar-refractivity contribution in [1.82, 2.24) is 9.80 Å². The highest BCUT2D eigenvalue weighted by Crippen LogP contribution is 2.27. The number of amides is 1. The lowest BCUT2D eigenvalue weighted by molar-refractivity contribution is -0.131. The summed E-state index contributed by atoms with van der Waals surface area (Å²) >= 11 is 0. The predicted octanol–water partition coefficient (Wildman–Crippen LogP) is 2.05. The number of carbonyl (C=O) groups excluding carboxylic acids is 1. The van der Waals surface area contributed by atoms with Crippen molar-refractivity contribution in [1.29, 1.82) is 0 Å². The molecule has 156 valence electrons. The van der Waals surface area contributed by atoms with Crippen molar-refractivity contribution in [3.05, 3.63) is 54.6 Å². The van der Waals surface area contributed by atoms with Gasteiger partial charge in [-0.2, -0.15) is 0 Å². The third-order valence-corrected chi connectivity index (χ3v) is 6.91. The minimum absolute atomic E-state index is 0.145. The number of hydrogen-bond donors (Lipinski definition) is 0. The molecule has 2 aromatic carbocycles. The van der Waals surface area contributed by atoms with Gasteiger partial charge in [-0.3, -0.25) is 9.10 Å². The van der Waals surface area contributed by atoms with Crippen LogP contribution in [0.2, 0.25) is 0 Å². The van der Waals surface area contributed by atoms with Gasteiger partial charge < -0.3 is 14.5 Å². The number of rotatable bonds is 7. The molecule has 29 heavy (non-hydrogen) atoms. The van der Waals surface area contributed by atoms with E-state index in [0.29, 0.717) is 24.5 Å². The Balaban J connectivity index is 1.90. The van der Waals surface area contributed by atoms with Gasteiger partial charge in [-0.25, -0.2) is 8.42 Å². The van der Waals surface area contributed by atoms with Gasteiger partial charge in [-0.1, -0.05) is 31.2 Å². The summed E-state index contributed by atoms with van der Waals surface area (Å²) in [6.45, 7) is 5.58. The number of hydrogen-bond acceptors (Lipinski definition) is 5. The molecule has 0 bridgehead atoms. The predicted molar refractivity (Wildman–Crippen MR) is 113 cm³/mol. The van der Waals surface area contributed by atoms with Crippen molar-refractivity contribution >= 4 is 21.6 Å². The normalized spacial score (nSPS) is 15.2. The number of sulfonamides is 1. The van der Waals surface area contributed by atoms with Crippen molar-refractivity contribution in [2.24, 2.45) is 0 Å². The van der Waals surface area contributed by atoms with E-state index in [1.165, 1.54) is 23.5 Å². The first-order valence-corrected chi connectivity index (χ1v) is 11.1. The molecule has 0 unspecified atom stereocenters. The number of ether oxygens (including phenoxy) is 1. The molecule has 1 heterocycles. The van der Waals surface area contributed by atoms with E-state index in [2.05, 4.69) is 11.8 Å². The molecule has 0 aromatic heterocycles. The summed E-state index contributed by atoms with van der Waals surface area (Å²) in [6.07, 6.45) is 0. The highest BCUT2D eigenvalue weighted by molar-refractivity contribution is 7.92. The molecule has 0 N–H and O–H groups in total. The van der Waals surface area contributed by atoms with Gasteiger partial charge in [0.1, 0.15) is 12.3 Å². The molecule has 8 heteroatoms. The lowest BCUT2D eigenvalue weighted by Gasteiger charge is -2.35. The van der Waals surface area contributed by atoms with E-state index >= 15 is 0 Å². The van der Waals surface area contributed by atoms with Gasteiger partial charge in [-0.15, -0.1) is 0 Å². The third kappa shape index (κ3) is 4.89. The SMILES string of the molecule is CCN1CCN(C(=O)CN(c2cccc(OC)c2)S(=O)(=O)c2ccccc2)CC1. The molecule has 1 amide bonds. The van der Waals surface area contributed by atoms with Gasteiger partial charge in [-0.05, 0) is 30.8 Å². The Morgan fingerprint density at radius 1 is 1.03 bits per heavy atom. The van der Waals surface area contributed by atoms with Crippen LogP contribution in [0.15, 0.2) is 59.5 Å². The minimum atomic E-state index is -3.91. The Kier molecular flexibility index (Phi) is 6.76. The van der Waals surface area contributed by atoms with Gasteiger partial charge >= 0.3 is 0 Å². The topological polar surface area (TPSA) is 70.2 Å². The van der Waals surface area contributed by atoms with Crippen LogP contribution >= 0.6 is 0 Å². The van der Waals surface area contributed by atoms with Gasteiger partial charge in [0.05, 0.1) is 17.7 Å². The number of carbonyl (C=O) groups is 1. The summed E-state index contributed by atoms with van der Waals surface area (Å²) < 4.78 is 33.1. The molecule has 1 aliphatic heterocycles. The van der Waals surface area contributed by atoms with E-state index in [4.69, 9.17) is 4.74 Å². The summed E-state index contributed by atoms with van der Waals surface area (Å²) in [5.74, 6) is 0.322. The van der Waals surface area contributed by atoms with Gasteiger partial charge in [0.2, 0.25) is 5.91 Å². The second kappa shape index (κ2) is 9.28. The quantitative estimate of drug-likeness (QED) is 0.690. The lowest BCUT2D eigenvalue weighted by Crippen LogP contribution is -2.51. The average molecular weight is 418 g/mol. The molecule has 1 saturated heterocycles. The van der Waals surface area contributed by atoms with Crippen LogP contribution in [0.4, 0.5) is 5.69 Å². The number of likely N-dealkylation sites (N-methyl/N-ethyl adjacent to an activating group) is 1. The summed E-state index contributed by atoms with van der Waals surface area (Å²) in [5, 5.41) is 0. The van der Waals surface area contributed by atoms with Crippen LogP contribution in [0.1, 0.15) is 6.92 Å². The van der Waals surface area contributed by atoms with Crippen molar-refractivity contribution in [2.75, 3.05) is 50.7 Å². The number of benzene rings is 2. The van der Waals surface area contributed by atoms with E-state index < -0.39 is 10.0 Å². The maximum atomic E-state index is 13.4. The van der Waals surface area contributed by atoms with Crippen molar-refractivity contribution in [3.63, 3.8) is 0 Å². The zero-order valence-electron chi connectivity index (χ0n) is 16.8. The van der Waals surface area contributed by atoms with E-state index in [1.54, 1.807) is 47.4 Å². The molecule has 0 aliphatic carbocycles. The first kappa shape index (κ1) is 21.1. The van der Waals surface area contributed by atoms with E-state index in [-0.39, 0.29) is 17.3 Å². The van der Waals surface area contributed by atoms with E-state index in [9.17, 15) is 13.2 Å². The second-order valence-electron chi connectivity index (χ2n) is 6.84. The van der Waals surface area contributed by atoms with Crippen molar-refractivity contribution in [2.45, 2.75) is 11.8 Å². The zero-order valence-corrected chi connectivity index (χ0v) is 17.6. The summed E-state index contributed by atoms with van der Waals surface area (Å²) in [5.41, 5.74) is 0.397. The number of anilines is 1. The van der Waals surface area contributed by atoms with Crippen LogP contribution in [0.3, 0.4) is 0 Å². The Morgan fingerprint density at radius 3 is 2.34 bits per heavy atom. The molecule has 1 aliphatic rings. The Hall–Kier alpha value is -2.58. The maximum absolute atomic E-state index is 13.4. The first-order chi connectivity index (χ1) is 14.0. The van der Waals surface area contributed by atoms with Crippen LogP contribution < -0.4 is 9.04 Å². The van der Waals surface area contributed by atoms with Crippen molar-refractivity contribution < 1.29 is 17.9 Å². The van der Waals surface area contributed by atoms with E-state index in [1.807, 2.05) is 0 Å². The van der Waals surface area contributed by atoms with Crippen LogP contribution in [-0.2, 0) is 14.8 Å². The van der Waals surface area contributed by atoms with Crippen LogP contribution in [0, 0.1) is 0 Å². The van der Waals surface area contributed by atoms with Gasteiger partial charge in [0.15, 0.2) is 0 Å². The van der Waals surface area contributed by atoms with Crippen LogP contribution in [-0.4, -0.2) is 70.5 Å². The summed E-state index contributed by atoms with van der Waals surface area (Å²) in [4.78, 5) is 17.1. The molecule has 0 saturated carbocycles. The number of piperazine rings is 1. The molecule has 0 spiro atoms. The zero-order chi connectivity index (χ0) is 20.9. The molecular formula is C21H27N3O4S. The Morgan fingerprint density at radius 2 is 1.72 bits per heavy atom. The fourth-order valence-corrected chi connectivity index (χ4v) is 4.76. The first-order valence-electron chi connectivity index (χ1n) is 9.67. The fraction of sp³-hybridized carbons (Fsp3) is 0.381. The van der Waals surface area contributed by atoms with Crippen LogP contribution in [0.25, 0.3) is 0 Å². The van der Waals surface area contributed by atoms with Crippen molar-refractivity contribution in [3.8, 4) is 5.75 Å². The maximum Gasteiger partial charge on any atom is 0.264 e. The fourth-order valence-electron chi connectivity index (χ4n) is 3.34. The number of nitrogens with zero attached hydrogens (tertiary/aromatic N) is 3. The smallest absolute Gasteiger partial charge is 0.264 e. The molecule has 0 atom stereocenters. The Labute approximate surface area is 172 Å². The van der Waals surface area contributed by atoms with Gasteiger partial charge in [0.25, 0.3) is 10.0 Å². The average Bonchev–Trinajstić information content (AvgIpc) is 2.77. The van der Waals surface area contributed by atoms with Gasteiger partial charge in [0, 0.05) is 32.2 Å². The minimum Gasteiger partial charge on any atom is -0.497 e. The molecule has 7 nitrogen and oxygen atoms in total. The van der Waals surface area contributed by atoms with Crippen LogP contribution in [0.5, 0.6) is 5.75 Å². The summed E-state index contributed by atoms with van der Waals surface area (Å²) in [6, 6.07) is 14.9. The monoisotopic (exact) mass is 417 g/mol.